The molecule has 0 N–H and O–H groups in total. The zero-order chi connectivity index (χ0) is 19.8. The van der Waals surface area contributed by atoms with Crippen molar-refractivity contribution < 1.29 is 13.6 Å². The molecule has 10 heteroatoms. The van der Waals surface area contributed by atoms with E-state index in [9.17, 15) is 13.6 Å². The maximum Gasteiger partial charge on any atom is 0.280 e. The van der Waals surface area contributed by atoms with Gasteiger partial charge in [0.2, 0.25) is 0 Å². The highest BCUT2D eigenvalue weighted by Crippen LogP contribution is 2.30. The SMILES string of the molecule is Cc1cnc(Cl)cc1C(=O)N1CCC[C@H](c2cc(C(F)F)nc3ncnn23)C1. The van der Waals surface area contributed by atoms with Crippen LogP contribution in [0.4, 0.5) is 8.78 Å². The molecule has 4 rings (SSSR count). The van der Waals surface area contributed by atoms with E-state index in [4.69, 9.17) is 11.6 Å². The summed E-state index contributed by atoms with van der Waals surface area (Å²) < 4.78 is 28.0. The Morgan fingerprint density at radius 3 is 2.93 bits per heavy atom. The number of amides is 1. The van der Waals surface area contributed by atoms with Gasteiger partial charge in [-0.1, -0.05) is 11.6 Å². The van der Waals surface area contributed by atoms with Crippen molar-refractivity contribution in [2.24, 2.45) is 0 Å². The van der Waals surface area contributed by atoms with E-state index in [1.807, 2.05) is 0 Å². The second-order valence-electron chi connectivity index (χ2n) is 6.79. The molecule has 0 saturated carbocycles. The number of piperidine rings is 1. The summed E-state index contributed by atoms with van der Waals surface area (Å²) in [7, 11) is 0. The van der Waals surface area contributed by atoms with Crippen molar-refractivity contribution >= 4 is 23.3 Å². The number of hydrogen-bond acceptors (Lipinski definition) is 5. The zero-order valence-electron chi connectivity index (χ0n) is 15.0. The third kappa shape index (κ3) is 3.42. The van der Waals surface area contributed by atoms with Crippen molar-refractivity contribution in [3.05, 3.63) is 52.3 Å². The fourth-order valence-electron chi connectivity index (χ4n) is 3.56. The summed E-state index contributed by atoms with van der Waals surface area (Å²) in [5.41, 5.74) is 1.48. The van der Waals surface area contributed by atoms with Gasteiger partial charge in [-0.2, -0.15) is 10.1 Å². The van der Waals surface area contributed by atoms with Gasteiger partial charge in [0.15, 0.2) is 0 Å². The Morgan fingerprint density at radius 2 is 2.14 bits per heavy atom. The molecule has 0 aliphatic carbocycles. The molecule has 1 saturated heterocycles. The summed E-state index contributed by atoms with van der Waals surface area (Å²) in [6.45, 7) is 2.77. The molecule has 1 fully saturated rings. The van der Waals surface area contributed by atoms with E-state index in [-0.39, 0.29) is 28.4 Å². The smallest absolute Gasteiger partial charge is 0.280 e. The van der Waals surface area contributed by atoms with Crippen LogP contribution in [-0.4, -0.2) is 48.5 Å². The number of aryl methyl sites for hydroxylation is 1. The summed E-state index contributed by atoms with van der Waals surface area (Å²) in [5.74, 6) is -0.169. The Hall–Kier alpha value is -2.68. The van der Waals surface area contributed by atoms with Crippen molar-refractivity contribution in [1.29, 1.82) is 0 Å². The summed E-state index contributed by atoms with van der Waals surface area (Å²) in [6, 6.07) is 2.92. The standard InChI is InChI=1S/C18H17ClF2N6O/c1-10-7-22-15(19)5-12(10)17(28)26-4-2-3-11(8-26)14-6-13(16(20)21)25-18-23-9-24-27(14)18/h5-7,9,11,16H,2-4,8H2,1H3/t11-/m0/s1. The molecular formula is C18H17ClF2N6O. The molecule has 1 amide bonds. The summed E-state index contributed by atoms with van der Waals surface area (Å²) in [6.07, 6.45) is 1.64. The van der Waals surface area contributed by atoms with Crippen molar-refractivity contribution in [3.63, 3.8) is 0 Å². The molecule has 28 heavy (non-hydrogen) atoms. The molecule has 1 aliphatic heterocycles. The van der Waals surface area contributed by atoms with Crippen LogP contribution in [0.2, 0.25) is 5.15 Å². The molecule has 1 atom stereocenters. The Labute approximate surface area is 164 Å². The summed E-state index contributed by atoms with van der Waals surface area (Å²) in [5, 5.41) is 4.37. The number of hydrogen-bond donors (Lipinski definition) is 0. The predicted octanol–water partition coefficient (Wildman–Crippen LogP) is 3.44. The van der Waals surface area contributed by atoms with E-state index in [0.717, 1.165) is 18.4 Å². The highest BCUT2D eigenvalue weighted by Gasteiger charge is 2.29. The number of likely N-dealkylation sites (tertiary alicyclic amines) is 1. The van der Waals surface area contributed by atoms with Crippen LogP contribution in [0.25, 0.3) is 5.78 Å². The van der Waals surface area contributed by atoms with Gasteiger partial charge in [0, 0.05) is 30.8 Å². The van der Waals surface area contributed by atoms with E-state index >= 15 is 0 Å². The summed E-state index contributed by atoms with van der Waals surface area (Å²) in [4.78, 5) is 26.5. The first-order valence-corrected chi connectivity index (χ1v) is 9.22. The van der Waals surface area contributed by atoms with Crippen LogP contribution in [0.1, 0.15) is 52.5 Å². The van der Waals surface area contributed by atoms with E-state index < -0.39 is 6.43 Å². The van der Waals surface area contributed by atoms with Gasteiger partial charge in [-0.15, -0.1) is 0 Å². The van der Waals surface area contributed by atoms with Gasteiger partial charge in [0.25, 0.3) is 18.1 Å². The quantitative estimate of drug-likeness (QED) is 0.623. The molecule has 3 aromatic rings. The molecule has 146 valence electrons. The Kier molecular flexibility index (Phi) is 4.92. The van der Waals surface area contributed by atoms with Crippen LogP contribution in [0.3, 0.4) is 0 Å². The number of halogens is 3. The molecule has 7 nitrogen and oxygen atoms in total. The second kappa shape index (κ2) is 7.38. The van der Waals surface area contributed by atoms with Crippen molar-refractivity contribution in [2.75, 3.05) is 13.1 Å². The molecule has 4 heterocycles. The van der Waals surface area contributed by atoms with Crippen LogP contribution in [0.15, 0.2) is 24.7 Å². The van der Waals surface area contributed by atoms with Crippen LogP contribution in [0.5, 0.6) is 0 Å². The minimum absolute atomic E-state index is 0.132. The minimum atomic E-state index is -2.71. The molecule has 0 radical (unpaired) electrons. The average Bonchev–Trinajstić information content (AvgIpc) is 3.17. The maximum atomic E-state index is 13.3. The zero-order valence-corrected chi connectivity index (χ0v) is 15.8. The predicted molar refractivity (Wildman–Crippen MR) is 97.6 cm³/mol. The minimum Gasteiger partial charge on any atom is -0.338 e. The van der Waals surface area contributed by atoms with Crippen molar-refractivity contribution in [2.45, 2.75) is 32.1 Å². The molecule has 0 aromatic carbocycles. The van der Waals surface area contributed by atoms with Crippen molar-refractivity contribution in [1.82, 2.24) is 29.5 Å². The third-order valence-corrected chi connectivity index (χ3v) is 5.16. The first kappa shape index (κ1) is 18.7. The van der Waals surface area contributed by atoms with Crippen LogP contribution in [0, 0.1) is 6.92 Å². The van der Waals surface area contributed by atoms with E-state index in [2.05, 4.69) is 20.1 Å². The van der Waals surface area contributed by atoms with Gasteiger partial charge >= 0.3 is 0 Å². The number of rotatable bonds is 3. The molecule has 3 aromatic heterocycles. The van der Waals surface area contributed by atoms with E-state index in [1.165, 1.54) is 16.9 Å². The van der Waals surface area contributed by atoms with Gasteiger partial charge in [-0.25, -0.2) is 23.3 Å². The molecule has 0 bridgehead atoms. The Balaban J connectivity index is 1.66. The van der Waals surface area contributed by atoms with E-state index in [1.54, 1.807) is 24.1 Å². The number of aromatic nitrogens is 5. The molecule has 0 spiro atoms. The normalized spacial score (nSPS) is 17.5. The van der Waals surface area contributed by atoms with Crippen LogP contribution in [-0.2, 0) is 0 Å². The summed E-state index contributed by atoms with van der Waals surface area (Å²) >= 11 is 5.95. The lowest BCUT2D eigenvalue weighted by atomic mass is 9.93. The highest BCUT2D eigenvalue weighted by atomic mass is 35.5. The van der Waals surface area contributed by atoms with Gasteiger partial charge in [0.1, 0.15) is 17.2 Å². The maximum absolute atomic E-state index is 13.3. The fraction of sp³-hybridized carbons (Fsp3) is 0.389. The number of nitrogens with zero attached hydrogens (tertiary/aromatic N) is 6. The largest absolute Gasteiger partial charge is 0.338 e. The Morgan fingerprint density at radius 1 is 1.32 bits per heavy atom. The van der Waals surface area contributed by atoms with Crippen LogP contribution >= 0.6 is 11.6 Å². The monoisotopic (exact) mass is 406 g/mol. The van der Waals surface area contributed by atoms with Crippen LogP contribution < -0.4 is 0 Å². The number of pyridine rings is 1. The lowest BCUT2D eigenvalue weighted by Gasteiger charge is -2.33. The second-order valence-corrected chi connectivity index (χ2v) is 7.18. The number of carbonyl (C=O) groups is 1. The number of fused-ring (bicyclic) bond motifs is 1. The molecule has 1 aliphatic rings. The first-order chi connectivity index (χ1) is 13.4. The third-order valence-electron chi connectivity index (χ3n) is 4.95. The number of alkyl halides is 2. The van der Waals surface area contributed by atoms with Gasteiger partial charge < -0.3 is 4.90 Å². The first-order valence-electron chi connectivity index (χ1n) is 8.84. The fourth-order valence-corrected chi connectivity index (χ4v) is 3.72. The van der Waals surface area contributed by atoms with E-state index in [0.29, 0.717) is 24.3 Å². The number of carbonyl (C=O) groups excluding carboxylic acids is 1. The lowest BCUT2D eigenvalue weighted by Crippen LogP contribution is -2.40. The topological polar surface area (TPSA) is 76.3 Å². The van der Waals surface area contributed by atoms with Gasteiger partial charge in [0.05, 0.1) is 5.69 Å². The highest BCUT2D eigenvalue weighted by molar-refractivity contribution is 6.29. The Bertz CT molecular complexity index is 1040. The lowest BCUT2D eigenvalue weighted by molar-refractivity contribution is 0.0703. The molecular weight excluding hydrogens is 390 g/mol. The van der Waals surface area contributed by atoms with Gasteiger partial charge in [-0.3, -0.25) is 4.79 Å². The van der Waals surface area contributed by atoms with Gasteiger partial charge in [-0.05, 0) is 37.5 Å². The van der Waals surface area contributed by atoms with Crippen molar-refractivity contribution in [3.8, 4) is 0 Å². The molecule has 0 unspecified atom stereocenters. The average molecular weight is 407 g/mol.